The number of benzene rings is 2. The molecule has 3 rings (SSSR count). The summed E-state index contributed by atoms with van der Waals surface area (Å²) in [5.74, 6) is 0.380. The molecule has 1 saturated heterocycles. The second-order valence-electron chi connectivity index (χ2n) is 6.22. The van der Waals surface area contributed by atoms with E-state index in [1.807, 2.05) is 6.07 Å². The molecule has 7 heteroatoms. The van der Waals surface area contributed by atoms with E-state index in [4.69, 9.17) is 4.74 Å². The van der Waals surface area contributed by atoms with Gasteiger partial charge in [-0.1, -0.05) is 30.3 Å². The fourth-order valence-electron chi connectivity index (χ4n) is 3.12. The van der Waals surface area contributed by atoms with Crippen LogP contribution in [0.15, 0.2) is 54.6 Å². The van der Waals surface area contributed by atoms with Gasteiger partial charge in [-0.3, -0.25) is 4.79 Å². The fraction of sp³-hybridized carbons (Fsp3) is 0.316. The largest absolute Gasteiger partial charge is 0.497 e. The number of amides is 1. The first-order valence-electron chi connectivity index (χ1n) is 8.41. The molecule has 2 aromatic carbocycles. The van der Waals surface area contributed by atoms with Gasteiger partial charge in [0.2, 0.25) is 15.9 Å². The number of rotatable bonds is 5. The summed E-state index contributed by atoms with van der Waals surface area (Å²) in [4.78, 5) is 14.4. The third kappa shape index (κ3) is 3.73. The van der Waals surface area contributed by atoms with Gasteiger partial charge in [0, 0.05) is 18.8 Å². The molecular weight excluding hydrogens is 352 g/mol. The van der Waals surface area contributed by atoms with Gasteiger partial charge in [0.15, 0.2) is 0 Å². The highest BCUT2D eigenvalue weighted by atomic mass is 32.2. The second kappa shape index (κ2) is 7.47. The molecule has 6 nitrogen and oxygen atoms in total. The number of carbonyl (C=O) groups is 1. The Kier molecular flexibility index (Phi) is 5.29. The van der Waals surface area contributed by atoms with Crippen molar-refractivity contribution in [2.45, 2.75) is 18.7 Å². The number of methoxy groups -OCH3 is 1. The van der Waals surface area contributed by atoms with Crippen molar-refractivity contribution in [3.63, 3.8) is 0 Å². The summed E-state index contributed by atoms with van der Waals surface area (Å²) >= 11 is 0. The summed E-state index contributed by atoms with van der Waals surface area (Å²) < 4.78 is 32.0. The van der Waals surface area contributed by atoms with E-state index in [1.54, 1.807) is 67.5 Å². The summed E-state index contributed by atoms with van der Waals surface area (Å²) in [6.45, 7) is 2.23. The zero-order valence-corrected chi connectivity index (χ0v) is 15.6. The normalized spacial score (nSPS) is 18.8. The molecule has 0 saturated carbocycles. The van der Waals surface area contributed by atoms with Crippen LogP contribution in [0.4, 0.5) is 5.69 Å². The Morgan fingerprint density at radius 1 is 1.04 bits per heavy atom. The maximum atomic E-state index is 12.8. The lowest BCUT2D eigenvalue weighted by molar-refractivity contribution is -0.123. The molecule has 1 fully saturated rings. The van der Waals surface area contributed by atoms with Crippen molar-refractivity contribution in [1.29, 1.82) is 0 Å². The smallest absolute Gasteiger partial charge is 0.245 e. The Bertz CT molecular complexity index is 866. The maximum Gasteiger partial charge on any atom is 0.245 e. The first-order valence-corrected chi connectivity index (χ1v) is 10.0. The summed E-state index contributed by atoms with van der Waals surface area (Å²) in [5.41, 5.74) is 1.45. The first-order chi connectivity index (χ1) is 12.4. The first kappa shape index (κ1) is 18.4. The second-order valence-corrected chi connectivity index (χ2v) is 8.14. The summed E-state index contributed by atoms with van der Waals surface area (Å²) in [6.07, 6.45) is 0. The van der Waals surface area contributed by atoms with Gasteiger partial charge in [-0.15, -0.1) is 0 Å². The van der Waals surface area contributed by atoms with Gasteiger partial charge < -0.3 is 9.64 Å². The highest BCUT2D eigenvalue weighted by Gasteiger charge is 2.38. The molecule has 138 valence electrons. The molecule has 1 aliphatic rings. The van der Waals surface area contributed by atoms with Gasteiger partial charge in [0.05, 0.1) is 12.9 Å². The molecular formula is C19H22N2O4S. The number of ether oxygens (including phenoxy) is 1. The van der Waals surface area contributed by atoms with E-state index in [0.29, 0.717) is 17.9 Å². The van der Waals surface area contributed by atoms with Crippen molar-refractivity contribution in [1.82, 2.24) is 4.31 Å². The minimum Gasteiger partial charge on any atom is -0.497 e. The lowest BCUT2D eigenvalue weighted by atomic mass is 10.2. The minimum absolute atomic E-state index is 0.103. The van der Waals surface area contributed by atoms with Gasteiger partial charge in [0.25, 0.3) is 0 Å². The highest BCUT2D eigenvalue weighted by molar-refractivity contribution is 7.88. The van der Waals surface area contributed by atoms with Crippen LogP contribution in [0.3, 0.4) is 0 Å². The van der Waals surface area contributed by atoms with Crippen LogP contribution in [0.5, 0.6) is 5.75 Å². The number of hydrogen-bond acceptors (Lipinski definition) is 4. The number of nitrogens with zero attached hydrogens (tertiary/aromatic N) is 2. The van der Waals surface area contributed by atoms with Crippen LogP contribution < -0.4 is 9.64 Å². The molecule has 0 radical (unpaired) electrons. The standard InChI is InChI=1S/C19H22N2O4S/c1-15-19(22)20(17-8-10-18(25-2)11-9-17)12-13-21(15)26(23,24)14-16-6-4-3-5-7-16/h3-11,15H,12-14H2,1-2H3. The predicted octanol–water partition coefficient (Wildman–Crippen LogP) is 2.26. The summed E-state index contributed by atoms with van der Waals surface area (Å²) in [5, 5.41) is 0. The maximum absolute atomic E-state index is 12.8. The van der Waals surface area contributed by atoms with Crippen LogP contribution in [-0.4, -0.2) is 44.9 Å². The van der Waals surface area contributed by atoms with Crippen molar-refractivity contribution in [2.24, 2.45) is 0 Å². The Balaban J connectivity index is 1.76. The van der Waals surface area contributed by atoms with Gasteiger partial charge in [-0.2, -0.15) is 4.31 Å². The number of hydrogen-bond donors (Lipinski definition) is 0. The number of piperazine rings is 1. The fourth-order valence-corrected chi connectivity index (χ4v) is 4.83. The van der Waals surface area contributed by atoms with Crippen molar-refractivity contribution in [3.8, 4) is 5.75 Å². The van der Waals surface area contributed by atoms with Gasteiger partial charge in [-0.05, 0) is 36.8 Å². The van der Waals surface area contributed by atoms with E-state index < -0.39 is 16.1 Å². The molecule has 0 bridgehead atoms. The van der Waals surface area contributed by atoms with E-state index in [0.717, 1.165) is 5.69 Å². The molecule has 1 unspecified atom stereocenters. The summed E-state index contributed by atoms with van der Waals surface area (Å²) in [7, 11) is -1.99. The van der Waals surface area contributed by atoms with E-state index in [2.05, 4.69) is 0 Å². The Morgan fingerprint density at radius 3 is 2.31 bits per heavy atom. The number of carbonyl (C=O) groups excluding carboxylic acids is 1. The van der Waals surface area contributed by atoms with E-state index in [-0.39, 0.29) is 18.2 Å². The zero-order chi connectivity index (χ0) is 18.7. The average Bonchev–Trinajstić information content (AvgIpc) is 2.64. The molecule has 26 heavy (non-hydrogen) atoms. The topological polar surface area (TPSA) is 66.9 Å². The molecule has 0 spiro atoms. The number of anilines is 1. The molecule has 2 aromatic rings. The Labute approximate surface area is 154 Å². The van der Waals surface area contributed by atoms with E-state index in [1.165, 1.54) is 4.31 Å². The molecule has 1 amide bonds. The van der Waals surface area contributed by atoms with Gasteiger partial charge >= 0.3 is 0 Å². The van der Waals surface area contributed by atoms with E-state index in [9.17, 15) is 13.2 Å². The molecule has 1 aliphatic heterocycles. The van der Waals surface area contributed by atoms with Crippen LogP contribution in [0, 0.1) is 0 Å². The van der Waals surface area contributed by atoms with Crippen molar-refractivity contribution in [3.05, 3.63) is 60.2 Å². The van der Waals surface area contributed by atoms with Crippen LogP contribution in [0.25, 0.3) is 0 Å². The SMILES string of the molecule is COc1ccc(N2CCN(S(=O)(=O)Cc3ccccc3)C(C)C2=O)cc1. The predicted molar refractivity (Wildman–Crippen MR) is 101 cm³/mol. The molecule has 0 N–H and O–H groups in total. The van der Waals surface area contributed by atoms with Crippen molar-refractivity contribution in [2.75, 3.05) is 25.1 Å². The Hall–Kier alpha value is -2.38. The van der Waals surface area contributed by atoms with Crippen molar-refractivity contribution >= 4 is 21.6 Å². The van der Waals surface area contributed by atoms with Gasteiger partial charge in [0.1, 0.15) is 11.8 Å². The Morgan fingerprint density at radius 2 is 1.69 bits per heavy atom. The summed E-state index contributed by atoms with van der Waals surface area (Å²) in [6, 6.07) is 15.4. The van der Waals surface area contributed by atoms with Crippen LogP contribution in [-0.2, 0) is 20.6 Å². The third-order valence-corrected chi connectivity index (χ3v) is 6.44. The van der Waals surface area contributed by atoms with Crippen molar-refractivity contribution < 1.29 is 17.9 Å². The monoisotopic (exact) mass is 374 g/mol. The quantitative estimate of drug-likeness (QED) is 0.805. The van der Waals surface area contributed by atoms with Crippen LogP contribution in [0.1, 0.15) is 12.5 Å². The van der Waals surface area contributed by atoms with Crippen LogP contribution in [0.2, 0.25) is 0 Å². The van der Waals surface area contributed by atoms with Gasteiger partial charge in [-0.25, -0.2) is 8.42 Å². The third-order valence-electron chi connectivity index (χ3n) is 4.53. The minimum atomic E-state index is -3.57. The average molecular weight is 374 g/mol. The number of sulfonamides is 1. The molecule has 1 atom stereocenters. The lowest BCUT2D eigenvalue weighted by Gasteiger charge is -2.38. The molecule has 1 heterocycles. The van der Waals surface area contributed by atoms with E-state index >= 15 is 0 Å². The molecule has 0 aromatic heterocycles. The molecule has 0 aliphatic carbocycles. The highest BCUT2D eigenvalue weighted by Crippen LogP contribution is 2.25. The van der Waals surface area contributed by atoms with Crippen LogP contribution >= 0.6 is 0 Å². The zero-order valence-electron chi connectivity index (χ0n) is 14.8. The lowest BCUT2D eigenvalue weighted by Crippen LogP contribution is -2.57.